The summed E-state index contributed by atoms with van der Waals surface area (Å²) in [5.41, 5.74) is 0.378. The Morgan fingerprint density at radius 1 is 1.44 bits per heavy atom. The highest BCUT2D eigenvalue weighted by Crippen LogP contribution is 2.25. The van der Waals surface area contributed by atoms with Gasteiger partial charge in [0.15, 0.2) is 5.13 Å². The van der Waals surface area contributed by atoms with Crippen LogP contribution >= 0.6 is 11.3 Å². The molecule has 1 rings (SSSR count). The number of aryl methyl sites for hydroxylation is 1. The highest BCUT2D eigenvalue weighted by atomic mass is 32.1. The van der Waals surface area contributed by atoms with Gasteiger partial charge in [0.2, 0.25) is 0 Å². The van der Waals surface area contributed by atoms with E-state index in [-0.39, 0.29) is 11.6 Å². The Bertz CT molecular complexity index is 470. The van der Waals surface area contributed by atoms with E-state index in [0.717, 1.165) is 11.3 Å². The molecule has 0 radical (unpaired) electrons. The van der Waals surface area contributed by atoms with Gasteiger partial charge < -0.3 is 4.74 Å². The molecule has 18 heavy (non-hydrogen) atoms. The molecule has 1 amide bonds. The molecule has 0 aliphatic heterocycles. The summed E-state index contributed by atoms with van der Waals surface area (Å²) in [6.45, 7) is 1.53. The van der Waals surface area contributed by atoms with Crippen molar-refractivity contribution in [3.05, 3.63) is 10.6 Å². The fourth-order valence-corrected chi connectivity index (χ4v) is 1.96. The largest absolute Gasteiger partial charge is 0.471 e. The van der Waals surface area contributed by atoms with Gasteiger partial charge in [0.1, 0.15) is 0 Å². The summed E-state index contributed by atoms with van der Waals surface area (Å²) in [6, 6.07) is 0. The number of carbonyl (C=O) groups is 2. The second-order valence-electron chi connectivity index (χ2n) is 3.23. The van der Waals surface area contributed by atoms with Gasteiger partial charge in [-0.1, -0.05) is 0 Å². The molecule has 1 heterocycles. The van der Waals surface area contributed by atoms with Crippen LogP contribution in [-0.4, -0.2) is 30.1 Å². The van der Waals surface area contributed by atoms with Crippen molar-refractivity contribution in [3.63, 3.8) is 0 Å². The summed E-state index contributed by atoms with van der Waals surface area (Å²) in [4.78, 5) is 25.9. The zero-order valence-electron chi connectivity index (χ0n) is 9.42. The summed E-state index contributed by atoms with van der Waals surface area (Å²) in [6.07, 6.45) is -5.07. The number of halogens is 3. The zero-order valence-corrected chi connectivity index (χ0v) is 10.2. The van der Waals surface area contributed by atoms with E-state index in [0.29, 0.717) is 10.6 Å². The highest BCUT2D eigenvalue weighted by Gasteiger charge is 2.39. The van der Waals surface area contributed by atoms with Crippen molar-refractivity contribution in [1.82, 2.24) is 4.98 Å². The van der Waals surface area contributed by atoms with Crippen LogP contribution in [0.4, 0.5) is 18.3 Å². The minimum absolute atomic E-state index is 0.0953. The van der Waals surface area contributed by atoms with E-state index in [1.165, 1.54) is 14.0 Å². The minimum atomic E-state index is -4.97. The molecule has 9 heteroatoms. The molecule has 0 aliphatic rings. The van der Waals surface area contributed by atoms with Crippen LogP contribution in [-0.2, 0) is 20.7 Å². The summed E-state index contributed by atoms with van der Waals surface area (Å²) in [5, 5.41) is 1.43. The molecule has 0 aromatic carbocycles. The molecule has 0 saturated carbocycles. The maximum absolute atomic E-state index is 12.0. The topological polar surface area (TPSA) is 68.3 Å². The lowest BCUT2D eigenvalue weighted by atomic mass is 10.3. The number of hydrogen-bond donors (Lipinski definition) is 1. The van der Waals surface area contributed by atoms with Crippen molar-refractivity contribution >= 4 is 28.3 Å². The first-order valence-electron chi connectivity index (χ1n) is 4.65. The number of ether oxygens (including phenoxy) is 1. The van der Waals surface area contributed by atoms with Crippen molar-refractivity contribution < 1.29 is 27.5 Å². The minimum Gasteiger partial charge on any atom is -0.469 e. The molecule has 1 N–H and O–H groups in total. The van der Waals surface area contributed by atoms with Crippen LogP contribution in [0, 0.1) is 6.92 Å². The predicted molar refractivity (Wildman–Crippen MR) is 57.3 cm³/mol. The second kappa shape index (κ2) is 5.34. The number of nitrogens with zero attached hydrogens (tertiary/aromatic N) is 1. The number of hydrogen-bond acceptors (Lipinski definition) is 5. The zero-order chi connectivity index (χ0) is 13.9. The number of rotatable bonds is 3. The number of esters is 1. The van der Waals surface area contributed by atoms with E-state index in [1.807, 2.05) is 0 Å². The molecule has 0 saturated heterocycles. The number of aromatic nitrogens is 1. The molecule has 1 aromatic heterocycles. The van der Waals surface area contributed by atoms with Gasteiger partial charge >= 0.3 is 18.1 Å². The van der Waals surface area contributed by atoms with Crippen molar-refractivity contribution in [2.24, 2.45) is 0 Å². The van der Waals surface area contributed by atoms with Crippen molar-refractivity contribution in [2.75, 3.05) is 12.4 Å². The van der Waals surface area contributed by atoms with Crippen LogP contribution in [0.1, 0.15) is 10.6 Å². The van der Waals surface area contributed by atoms with Crippen LogP contribution in [0.15, 0.2) is 0 Å². The molecule has 0 fully saturated rings. The van der Waals surface area contributed by atoms with E-state index in [9.17, 15) is 22.8 Å². The summed E-state index contributed by atoms with van der Waals surface area (Å²) >= 11 is 0.804. The van der Waals surface area contributed by atoms with Gasteiger partial charge in [-0.25, -0.2) is 4.98 Å². The molecule has 5 nitrogen and oxygen atoms in total. The van der Waals surface area contributed by atoms with E-state index >= 15 is 0 Å². The SMILES string of the molecule is COC(=O)Cc1sc(NC(=O)C(F)(F)F)nc1C. The maximum atomic E-state index is 12.0. The lowest BCUT2D eigenvalue weighted by molar-refractivity contribution is -0.167. The molecule has 0 unspecified atom stereocenters. The Morgan fingerprint density at radius 3 is 2.56 bits per heavy atom. The summed E-state index contributed by atoms with van der Waals surface area (Å²) in [5.74, 6) is -2.63. The molecule has 0 atom stereocenters. The Kier molecular flexibility index (Phi) is 4.28. The Labute approximate surface area is 104 Å². The lowest BCUT2D eigenvalue weighted by Gasteiger charge is -2.04. The van der Waals surface area contributed by atoms with Crippen LogP contribution in [0.5, 0.6) is 0 Å². The maximum Gasteiger partial charge on any atom is 0.471 e. The quantitative estimate of drug-likeness (QED) is 0.856. The monoisotopic (exact) mass is 282 g/mol. The van der Waals surface area contributed by atoms with Crippen molar-refractivity contribution in [2.45, 2.75) is 19.5 Å². The van der Waals surface area contributed by atoms with Crippen molar-refractivity contribution in [1.29, 1.82) is 0 Å². The number of anilines is 1. The van der Waals surface area contributed by atoms with Gasteiger partial charge in [-0.2, -0.15) is 13.2 Å². The van der Waals surface area contributed by atoms with Gasteiger partial charge in [0, 0.05) is 4.88 Å². The van der Waals surface area contributed by atoms with Crippen LogP contribution in [0.2, 0.25) is 0 Å². The average molecular weight is 282 g/mol. The summed E-state index contributed by atoms with van der Waals surface area (Å²) < 4.78 is 40.4. The number of nitrogens with one attached hydrogen (secondary N) is 1. The summed E-state index contributed by atoms with van der Waals surface area (Å²) in [7, 11) is 1.20. The Morgan fingerprint density at radius 2 is 2.06 bits per heavy atom. The Hall–Kier alpha value is -1.64. The number of methoxy groups -OCH3 is 1. The van der Waals surface area contributed by atoms with Crippen molar-refractivity contribution in [3.8, 4) is 0 Å². The molecule has 100 valence electrons. The van der Waals surface area contributed by atoms with E-state index < -0.39 is 18.1 Å². The molecule has 0 spiro atoms. The average Bonchev–Trinajstić information content (AvgIpc) is 2.57. The van der Waals surface area contributed by atoms with Crippen LogP contribution < -0.4 is 5.32 Å². The third-order valence-electron chi connectivity index (χ3n) is 1.90. The molecular formula is C9H9F3N2O3S. The smallest absolute Gasteiger partial charge is 0.469 e. The van der Waals surface area contributed by atoms with E-state index in [4.69, 9.17) is 0 Å². The first-order chi connectivity index (χ1) is 8.24. The highest BCUT2D eigenvalue weighted by molar-refractivity contribution is 7.16. The molecular weight excluding hydrogens is 273 g/mol. The van der Waals surface area contributed by atoms with Gasteiger partial charge in [0.05, 0.1) is 19.2 Å². The lowest BCUT2D eigenvalue weighted by Crippen LogP contribution is -2.29. The van der Waals surface area contributed by atoms with Crippen LogP contribution in [0.3, 0.4) is 0 Å². The second-order valence-corrected chi connectivity index (χ2v) is 4.32. The first kappa shape index (κ1) is 14.4. The van der Waals surface area contributed by atoms with Gasteiger partial charge in [-0.3, -0.25) is 14.9 Å². The molecule has 0 aliphatic carbocycles. The van der Waals surface area contributed by atoms with Gasteiger partial charge in [-0.15, -0.1) is 11.3 Å². The first-order valence-corrected chi connectivity index (χ1v) is 5.47. The third-order valence-corrected chi connectivity index (χ3v) is 2.98. The predicted octanol–water partition coefficient (Wildman–Crippen LogP) is 1.67. The normalized spacial score (nSPS) is 11.2. The Balaban J connectivity index is 2.79. The number of thiazole rings is 1. The van der Waals surface area contributed by atoms with Gasteiger partial charge in [-0.05, 0) is 6.92 Å². The van der Waals surface area contributed by atoms with E-state index in [1.54, 1.807) is 5.32 Å². The van der Waals surface area contributed by atoms with E-state index in [2.05, 4.69) is 9.72 Å². The van der Waals surface area contributed by atoms with Gasteiger partial charge in [0.25, 0.3) is 0 Å². The third kappa shape index (κ3) is 3.69. The fraction of sp³-hybridized carbons (Fsp3) is 0.444. The fourth-order valence-electron chi connectivity index (χ4n) is 1.02. The number of carbonyl (C=O) groups excluding carboxylic acids is 2. The number of amides is 1. The number of alkyl halides is 3. The van der Waals surface area contributed by atoms with Crippen LogP contribution in [0.25, 0.3) is 0 Å². The molecule has 1 aromatic rings. The molecule has 0 bridgehead atoms. The standard InChI is InChI=1S/C9H9F3N2O3S/c1-4-5(3-6(15)17-2)18-8(13-4)14-7(16)9(10,11)12/h3H2,1-2H3,(H,13,14,16).